The third-order valence-corrected chi connectivity index (χ3v) is 3.33. The van der Waals surface area contributed by atoms with Crippen LogP contribution in [-0.4, -0.2) is 37.3 Å². The molecule has 0 bridgehead atoms. The maximum absolute atomic E-state index is 11.1. The molecule has 0 radical (unpaired) electrons. The summed E-state index contributed by atoms with van der Waals surface area (Å²) in [5, 5.41) is 2.60. The van der Waals surface area contributed by atoms with Crippen molar-refractivity contribution in [2.24, 2.45) is 0 Å². The number of sulfone groups is 1. The number of hydrogen-bond donors (Lipinski definition) is 1. The van der Waals surface area contributed by atoms with E-state index in [2.05, 4.69) is 27.9 Å². The number of halogens is 1. The maximum atomic E-state index is 11.1. The Labute approximate surface area is 105 Å². The van der Waals surface area contributed by atoms with Crippen molar-refractivity contribution in [1.29, 1.82) is 0 Å². The summed E-state index contributed by atoms with van der Waals surface area (Å²) in [6, 6.07) is 0. The van der Waals surface area contributed by atoms with Gasteiger partial charge in [-0.1, -0.05) is 35.4 Å². The highest BCUT2D eigenvalue weighted by atomic mass is 127. The first-order valence-corrected chi connectivity index (χ1v) is 8.54. The van der Waals surface area contributed by atoms with Gasteiger partial charge in [0.1, 0.15) is 5.75 Å². The van der Waals surface area contributed by atoms with Gasteiger partial charge in [0.05, 0.1) is 0 Å². The quantitative estimate of drug-likeness (QED) is 0.407. The zero-order chi connectivity index (χ0) is 11.7. The van der Waals surface area contributed by atoms with Crippen molar-refractivity contribution < 1.29 is 13.2 Å². The summed E-state index contributed by atoms with van der Waals surface area (Å²) < 4.78 is 22.7. The Morgan fingerprint density at radius 1 is 1.20 bits per heavy atom. The number of rotatable bonds is 8. The van der Waals surface area contributed by atoms with Crippen LogP contribution < -0.4 is 5.32 Å². The van der Waals surface area contributed by atoms with Crippen LogP contribution in [0.25, 0.3) is 0 Å². The van der Waals surface area contributed by atoms with Crippen LogP contribution in [0.3, 0.4) is 0 Å². The first kappa shape index (κ1) is 15.2. The molecule has 90 valence electrons. The van der Waals surface area contributed by atoms with Crippen LogP contribution in [0.5, 0.6) is 0 Å². The van der Waals surface area contributed by atoms with Crippen molar-refractivity contribution in [1.82, 2.24) is 5.32 Å². The topological polar surface area (TPSA) is 63.2 Å². The second kappa shape index (κ2) is 8.32. The van der Waals surface area contributed by atoms with Crippen molar-refractivity contribution in [3.8, 4) is 0 Å². The number of amides is 1. The smallest absolute Gasteiger partial charge is 0.235 e. The summed E-state index contributed by atoms with van der Waals surface area (Å²) in [4.78, 5) is 11.1. The molecular weight excluding hydrogens is 329 g/mol. The second-order valence-electron chi connectivity index (χ2n) is 3.52. The van der Waals surface area contributed by atoms with E-state index in [0.717, 1.165) is 23.5 Å². The molecule has 0 aliphatic carbocycles. The summed E-state index contributed by atoms with van der Waals surface area (Å²) >= 11 is 2.34. The van der Waals surface area contributed by atoms with Crippen LogP contribution >= 0.6 is 22.6 Å². The van der Waals surface area contributed by atoms with E-state index < -0.39 is 21.5 Å². The Kier molecular flexibility index (Phi) is 8.40. The Balaban J connectivity index is 3.40. The molecule has 0 aliphatic heterocycles. The third kappa shape index (κ3) is 12.1. The van der Waals surface area contributed by atoms with Crippen molar-refractivity contribution in [2.45, 2.75) is 25.7 Å². The normalized spacial score (nSPS) is 11.3. The van der Waals surface area contributed by atoms with Crippen LogP contribution in [-0.2, 0) is 14.6 Å². The lowest BCUT2D eigenvalue weighted by molar-refractivity contribution is -0.118. The zero-order valence-electron chi connectivity index (χ0n) is 8.96. The van der Waals surface area contributed by atoms with Crippen molar-refractivity contribution in [2.75, 3.05) is 23.0 Å². The van der Waals surface area contributed by atoms with Gasteiger partial charge in [-0.15, -0.1) is 0 Å². The number of carbonyl (C=O) groups excluding carboxylic acids is 1. The van der Waals surface area contributed by atoms with Crippen LogP contribution in [0.15, 0.2) is 0 Å². The molecule has 0 spiro atoms. The molecular formula is C9H18INO3S. The van der Waals surface area contributed by atoms with Crippen molar-refractivity contribution >= 4 is 38.3 Å². The van der Waals surface area contributed by atoms with E-state index in [9.17, 15) is 13.2 Å². The first-order valence-electron chi connectivity index (χ1n) is 4.96. The molecule has 0 atom stereocenters. The van der Waals surface area contributed by atoms with Gasteiger partial charge in [-0.25, -0.2) is 8.42 Å². The van der Waals surface area contributed by atoms with Gasteiger partial charge in [-0.2, -0.15) is 0 Å². The van der Waals surface area contributed by atoms with E-state index in [-0.39, 0.29) is 0 Å². The SMILES string of the molecule is CS(=O)(=O)CC(=O)NCCCCCCI. The molecule has 0 saturated carbocycles. The molecule has 0 aliphatic rings. The second-order valence-corrected chi connectivity index (χ2v) is 6.74. The summed E-state index contributed by atoms with van der Waals surface area (Å²) in [5.41, 5.74) is 0. The molecule has 0 fully saturated rings. The van der Waals surface area contributed by atoms with Gasteiger partial charge >= 0.3 is 0 Å². The Morgan fingerprint density at radius 2 is 1.80 bits per heavy atom. The highest BCUT2D eigenvalue weighted by molar-refractivity contribution is 14.1. The Morgan fingerprint density at radius 3 is 2.33 bits per heavy atom. The van der Waals surface area contributed by atoms with Gasteiger partial charge in [0.25, 0.3) is 0 Å². The fourth-order valence-corrected chi connectivity index (χ4v) is 2.21. The largest absolute Gasteiger partial charge is 0.355 e. The van der Waals surface area contributed by atoms with Crippen LogP contribution in [0.1, 0.15) is 25.7 Å². The first-order chi connectivity index (χ1) is 6.95. The molecule has 0 aromatic carbocycles. The van der Waals surface area contributed by atoms with Gasteiger partial charge in [0.15, 0.2) is 9.84 Å². The van der Waals surface area contributed by atoms with Crippen molar-refractivity contribution in [3.05, 3.63) is 0 Å². The minimum absolute atomic E-state index is 0.397. The van der Waals surface area contributed by atoms with Crippen LogP contribution in [0, 0.1) is 0 Å². The van der Waals surface area contributed by atoms with E-state index in [1.54, 1.807) is 0 Å². The summed E-state index contributed by atoms with van der Waals surface area (Å²) in [6.45, 7) is 0.579. The van der Waals surface area contributed by atoms with E-state index in [1.165, 1.54) is 12.8 Å². The molecule has 0 rings (SSSR count). The predicted molar refractivity (Wildman–Crippen MR) is 70.1 cm³/mol. The van der Waals surface area contributed by atoms with Crippen molar-refractivity contribution in [3.63, 3.8) is 0 Å². The van der Waals surface area contributed by atoms with Gasteiger partial charge in [-0.3, -0.25) is 4.79 Å². The predicted octanol–water partition coefficient (Wildman–Crippen LogP) is 1.14. The van der Waals surface area contributed by atoms with Gasteiger partial charge in [0.2, 0.25) is 5.91 Å². The average molecular weight is 347 g/mol. The third-order valence-electron chi connectivity index (χ3n) is 1.78. The summed E-state index contributed by atoms with van der Waals surface area (Å²) in [7, 11) is -3.19. The Bertz CT molecular complexity index is 277. The molecule has 15 heavy (non-hydrogen) atoms. The van der Waals surface area contributed by atoms with E-state index in [4.69, 9.17) is 0 Å². The Hall–Kier alpha value is 0.150. The average Bonchev–Trinajstić information content (AvgIpc) is 2.08. The molecule has 0 aromatic rings. The standard InChI is InChI=1S/C9H18INO3S/c1-15(13,14)8-9(12)11-7-5-3-2-4-6-10/h2-8H2,1H3,(H,11,12). The number of carbonyl (C=O) groups is 1. The molecule has 0 aromatic heterocycles. The minimum atomic E-state index is -3.19. The number of unbranched alkanes of at least 4 members (excludes halogenated alkanes) is 3. The van der Waals surface area contributed by atoms with Crippen LogP contribution in [0.4, 0.5) is 0 Å². The lowest BCUT2D eigenvalue weighted by atomic mass is 10.2. The summed E-state index contributed by atoms with van der Waals surface area (Å²) in [6.07, 6.45) is 5.45. The lowest BCUT2D eigenvalue weighted by Gasteiger charge is -2.03. The monoisotopic (exact) mass is 347 g/mol. The van der Waals surface area contributed by atoms with Gasteiger partial charge in [0, 0.05) is 12.8 Å². The van der Waals surface area contributed by atoms with E-state index in [0.29, 0.717) is 6.54 Å². The van der Waals surface area contributed by atoms with E-state index >= 15 is 0 Å². The summed E-state index contributed by atoms with van der Waals surface area (Å²) in [5.74, 6) is -0.799. The van der Waals surface area contributed by atoms with Gasteiger partial charge < -0.3 is 5.32 Å². The molecule has 0 saturated heterocycles. The zero-order valence-corrected chi connectivity index (χ0v) is 11.9. The number of alkyl halides is 1. The molecule has 0 unspecified atom stereocenters. The molecule has 1 amide bonds. The fourth-order valence-electron chi connectivity index (χ4n) is 1.09. The lowest BCUT2D eigenvalue weighted by Crippen LogP contribution is -2.30. The van der Waals surface area contributed by atoms with Gasteiger partial charge in [-0.05, 0) is 17.3 Å². The highest BCUT2D eigenvalue weighted by Crippen LogP contribution is 2.01. The number of nitrogens with one attached hydrogen (secondary N) is 1. The fraction of sp³-hybridized carbons (Fsp3) is 0.889. The number of hydrogen-bond acceptors (Lipinski definition) is 3. The minimum Gasteiger partial charge on any atom is -0.355 e. The van der Waals surface area contributed by atoms with Crippen LogP contribution in [0.2, 0.25) is 0 Å². The molecule has 6 heteroatoms. The molecule has 4 nitrogen and oxygen atoms in total. The maximum Gasteiger partial charge on any atom is 0.235 e. The molecule has 1 N–H and O–H groups in total. The highest BCUT2D eigenvalue weighted by Gasteiger charge is 2.09. The van der Waals surface area contributed by atoms with E-state index in [1.807, 2.05) is 0 Å². The molecule has 0 heterocycles.